The molecule has 3 aliphatic rings. The Balaban J connectivity index is 1.23. The van der Waals surface area contributed by atoms with Crippen LogP contribution in [0.3, 0.4) is 0 Å². The molecule has 0 aliphatic carbocycles. The number of nitrogens with zero attached hydrogens (tertiary/aromatic N) is 3. The third kappa shape index (κ3) is 4.62. The zero-order valence-corrected chi connectivity index (χ0v) is 22.0. The van der Waals surface area contributed by atoms with Crippen molar-refractivity contribution in [3.8, 4) is 11.5 Å². The van der Waals surface area contributed by atoms with Gasteiger partial charge in [-0.2, -0.15) is 0 Å². The third-order valence-corrected chi connectivity index (χ3v) is 8.11. The zero-order chi connectivity index (χ0) is 24.6. The van der Waals surface area contributed by atoms with Crippen molar-refractivity contribution in [2.45, 2.75) is 24.4 Å². The molecule has 36 heavy (non-hydrogen) atoms. The smallest absolute Gasteiger partial charge is 0.164 e. The molecule has 0 amide bonds. The molecule has 0 radical (unpaired) electrons. The summed E-state index contributed by atoms with van der Waals surface area (Å²) in [6, 6.07) is 9.60. The summed E-state index contributed by atoms with van der Waals surface area (Å²) < 4.78 is 30.8. The first-order valence-corrected chi connectivity index (χ1v) is 13.0. The van der Waals surface area contributed by atoms with E-state index >= 15 is 0 Å². The van der Waals surface area contributed by atoms with Gasteiger partial charge in [-0.1, -0.05) is 11.6 Å². The number of rotatable bonds is 6. The zero-order valence-electron chi connectivity index (χ0n) is 19.7. The lowest BCUT2D eigenvalue weighted by Crippen LogP contribution is -2.49. The van der Waals surface area contributed by atoms with Crippen molar-refractivity contribution in [1.82, 2.24) is 14.9 Å². The van der Waals surface area contributed by atoms with E-state index in [0.717, 1.165) is 47.4 Å². The molecule has 3 aromatic rings. The Labute approximate surface area is 222 Å². The van der Waals surface area contributed by atoms with Gasteiger partial charge in [0.1, 0.15) is 24.4 Å². The standard InChI is InChI=1S/C25H26BrClN4O5/c1-32-20-9-15-18(28-13-29-25(15)30-14-2-3-16(26)17(27)8-14)10-21(20)36-22-12-35-23-19(11-34-24(22)23)31-4-6-33-7-5-31/h2-3,8-10,13,19,22-24H,4-7,11-12H2,1H3,(H,28,29,30)/t19-,22?,23+,24+/m1/s1. The molecule has 2 aromatic carbocycles. The monoisotopic (exact) mass is 576 g/mol. The lowest BCUT2D eigenvalue weighted by molar-refractivity contribution is -0.0221. The van der Waals surface area contributed by atoms with Gasteiger partial charge in [0, 0.05) is 34.7 Å². The predicted octanol–water partition coefficient (Wildman–Crippen LogP) is 4.04. The van der Waals surface area contributed by atoms with Crippen molar-refractivity contribution >= 4 is 49.9 Å². The highest BCUT2D eigenvalue weighted by Crippen LogP contribution is 2.39. The number of morpholine rings is 1. The topological polar surface area (TPSA) is 87.2 Å². The van der Waals surface area contributed by atoms with Gasteiger partial charge in [-0.25, -0.2) is 9.97 Å². The van der Waals surface area contributed by atoms with E-state index in [0.29, 0.717) is 35.6 Å². The maximum absolute atomic E-state index is 6.42. The summed E-state index contributed by atoms with van der Waals surface area (Å²) in [5, 5.41) is 4.72. The number of ether oxygens (including phenoxy) is 5. The van der Waals surface area contributed by atoms with Gasteiger partial charge in [0.15, 0.2) is 17.6 Å². The minimum atomic E-state index is -0.239. The van der Waals surface area contributed by atoms with Crippen LogP contribution < -0.4 is 14.8 Å². The predicted molar refractivity (Wildman–Crippen MR) is 139 cm³/mol. The van der Waals surface area contributed by atoms with Crippen molar-refractivity contribution in [2.75, 3.05) is 51.9 Å². The number of hydrogen-bond acceptors (Lipinski definition) is 9. The molecule has 3 saturated heterocycles. The van der Waals surface area contributed by atoms with Gasteiger partial charge in [0.2, 0.25) is 0 Å². The first kappa shape index (κ1) is 24.1. The normalized spacial score (nSPS) is 26.2. The van der Waals surface area contributed by atoms with Crippen molar-refractivity contribution in [3.63, 3.8) is 0 Å². The van der Waals surface area contributed by atoms with E-state index in [1.54, 1.807) is 7.11 Å². The van der Waals surface area contributed by atoms with Gasteiger partial charge in [0.25, 0.3) is 0 Å². The summed E-state index contributed by atoms with van der Waals surface area (Å²) in [4.78, 5) is 11.3. The summed E-state index contributed by atoms with van der Waals surface area (Å²) in [7, 11) is 1.62. The molecule has 190 valence electrons. The molecule has 0 spiro atoms. The summed E-state index contributed by atoms with van der Waals surface area (Å²) in [6.07, 6.45) is 1.12. The van der Waals surface area contributed by atoms with Crippen LogP contribution in [0.4, 0.5) is 11.5 Å². The molecule has 1 unspecified atom stereocenters. The van der Waals surface area contributed by atoms with Crippen LogP contribution in [0.5, 0.6) is 11.5 Å². The minimum absolute atomic E-state index is 0.0181. The van der Waals surface area contributed by atoms with Crippen LogP contribution in [0.25, 0.3) is 10.9 Å². The fourth-order valence-corrected chi connectivity index (χ4v) is 5.48. The highest BCUT2D eigenvalue weighted by atomic mass is 79.9. The minimum Gasteiger partial charge on any atom is -0.493 e. The second-order valence-electron chi connectivity index (χ2n) is 8.96. The Bertz CT molecular complexity index is 1260. The van der Waals surface area contributed by atoms with Crippen LogP contribution in [-0.2, 0) is 14.2 Å². The average molecular weight is 578 g/mol. The van der Waals surface area contributed by atoms with E-state index in [1.807, 2.05) is 30.3 Å². The first-order valence-electron chi connectivity index (χ1n) is 11.9. The molecule has 1 N–H and O–H groups in total. The van der Waals surface area contributed by atoms with E-state index in [2.05, 4.69) is 36.1 Å². The lowest BCUT2D eigenvalue weighted by atomic mass is 10.1. The number of benzene rings is 2. The van der Waals surface area contributed by atoms with Gasteiger partial charge >= 0.3 is 0 Å². The van der Waals surface area contributed by atoms with Gasteiger partial charge in [-0.05, 0) is 40.2 Å². The van der Waals surface area contributed by atoms with Crippen LogP contribution >= 0.6 is 27.5 Å². The van der Waals surface area contributed by atoms with Gasteiger partial charge in [0.05, 0.1) is 50.1 Å². The number of methoxy groups -OCH3 is 1. The van der Waals surface area contributed by atoms with Crippen molar-refractivity contribution in [1.29, 1.82) is 0 Å². The second-order valence-corrected chi connectivity index (χ2v) is 10.2. The van der Waals surface area contributed by atoms with Crippen LogP contribution in [-0.4, -0.2) is 85.8 Å². The number of fused-ring (bicyclic) bond motifs is 2. The van der Waals surface area contributed by atoms with Gasteiger partial charge in [-0.15, -0.1) is 0 Å². The molecule has 11 heteroatoms. The SMILES string of the molecule is COc1cc2c(Nc3ccc(Br)c(Cl)c3)ncnc2cc1OC1CO[C@H]2[C@H](N3CCOCC3)CO[C@@H]12. The third-order valence-electron chi connectivity index (χ3n) is 6.88. The molecule has 4 atom stereocenters. The molecule has 6 rings (SSSR count). The highest BCUT2D eigenvalue weighted by molar-refractivity contribution is 9.10. The molecule has 0 bridgehead atoms. The number of hydrogen-bond donors (Lipinski definition) is 1. The molecule has 4 heterocycles. The summed E-state index contributed by atoms with van der Waals surface area (Å²) in [5.74, 6) is 1.81. The Morgan fingerprint density at radius 3 is 2.69 bits per heavy atom. The van der Waals surface area contributed by atoms with Crippen LogP contribution in [0.2, 0.25) is 5.02 Å². The molecular weight excluding hydrogens is 552 g/mol. The second kappa shape index (κ2) is 10.3. The first-order chi connectivity index (χ1) is 17.6. The van der Waals surface area contributed by atoms with Gasteiger partial charge in [-0.3, -0.25) is 4.90 Å². The number of anilines is 2. The highest BCUT2D eigenvalue weighted by Gasteiger charge is 2.51. The Hall–Kier alpha value is -2.21. The van der Waals surface area contributed by atoms with E-state index in [1.165, 1.54) is 6.33 Å². The van der Waals surface area contributed by atoms with E-state index in [-0.39, 0.29) is 24.4 Å². The lowest BCUT2D eigenvalue weighted by Gasteiger charge is -2.33. The summed E-state index contributed by atoms with van der Waals surface area (Å²) in [6.45, 7) is 4.37. The molecule has 3 fully saturated rings. The number of nitrogens with one attached hydrogen (secondary N) is 1. The molecule has 1 aromatic heterocycles. The van der Waals surface area contributed by atoms with Gasteiger partial charge < -0.3 is 29.0 Å². The van der Waals surface area contributed by atoms with E-state index in [4.69, 9.17) is 35.3 Å². The van der Waals surface area contributed by atoms with Crippen LogP contribution in [0.1, 0.15) is 0 Å². The molecule has 9 nitrogen and oxygen atoms in total. The Morgan fingerprint density at radius 1 is 1.06 bits per heavy atom. The Morgan fingerprint density at radius 2 is 1.89 bits per heavy atom. The van der Waals surface area contributed by atoms with Crippen LogP contribution in [0, 0.1) is 0 Å². The molecule has 0 saturated carbocycles. The quantitative estimate of drug-likeness (QED) is 0.466. The Kier molecular flexibility index (Phi) is 6.89. The fraction of sp³-hybridized carbons (Fsp3) is 0.440. The molecule has 3 aliphatic heterocycles. The van der Waals surface area contributed by atoms with Crippen molar-refractivity contribution in [3.05, 3.63) is 46.2 Å². The van der Waals surface area contributed by atoms with Crippen LogP contribution in [0.15, 0.2) is 41.1 Å². The average Bonchev–Trinajstić information content (AvgIpc) is 3.49. The summed E-state index contributed by atoms with van der Waals surface area (Å²) in [5.41, 5.74) is 1.53. The number of aromatic nitrogens is 2. The van der Waals surface area contributed by atoms with Crippen molar-refractivity contribution < 1.29 is 23.7 Å². The van der Waals surface area contributed by atoms with E-state index < -0.39 is 0 Å². The maximum atomic E-state index is 6.42. The maximum Gasteiger partial charge on any atom is 0.164 e. The van der Waals surface area contributed by atoms with Crippen molar-refractivity contribution in [2.24, 2.45) is 0 Å². The number of halogens is 2. The molecular formula is C25H26BrClN4O5. The summed E-state index contributed by atoms with van der Waals surface area (Å²) >= 11 is 9.67. The van der Waals surface area contributed by atoms with E-state index in [9.17, 15) is 0 Å². The largest absolute Gasteiger partial charge is 0.493 e. The fourth-order valence-electron chi connectivity index (χ4n) is 5.06.